The summed E-state index contributed by atoms with van der Waals surface area (Å²) in [5.74, 6) is 1.08. The van der Waals surface area contributed by atoms with Gasteiger partial charge in [-0.25, -0.2) is 4.98 Å². The molecule has 0 atom stereocenters. The maximum Gasteiger partial charge on any atom is 0.255 e. The van der Waals surface area contributed by atoms with Gasteiger partial charge in [0, 0.05) is 33.8 Å². The van der Waals surface area contributed by atoms with Crippen molar-refractivity contribution >= 4 is 23.4 Å². The fourth-order valence-electron chi connectivity index (χ4n) is 2.32. The lowest BCUT2D eigenvalue weighted by Crippen LogP contribution is -2.21. The van der Waals surface area contributed by atoms with Gasteiger partial charge in [0.15, 0.2) is 5.82 Å². The number of hydrogen-bond donors (Lipinski definition) is 1. The molecule has 25 heavy (non-hydrogen) atoms. The number of hydrogen-bond acceptors (Lipinski definition) is 5. The Morgan fingerprint density at radius 3 is 2.08 bits per heavy atom. The molecule has 134 valence electrons. The summed E-state index contributed by atoms with van der Waals surface area (Å²) in [4.78, 5) is 25.0. The average Bonchev–Trinajstić information content (AvgIpc) is 2.54. The Bertz CT molecular complexity index is 745. The van der Waals surface area contributed by atoms with Crippen LogP contribution >= 0.6 is 0 Å². The van der Waals surface area contributed by atoms with E-state index in [0.717, 1.165) is 0 Å². The van der Waals surface area contributed by atoms with Gasteiger partial charge in [-0.2, -0.15) is 4.98 Å². The zero-order chi connectivity index (χ0) is 18.8. The highest BCUT2D eigenvalue weighted by molar-refractivity contribution is 6.05. The van der Waals surface area contributed by atoms with E-state index in [9.17, 15) is 4.79 Å². The molecule has 2 aromatic rings. The van der Waals surface area contributed by atoms with E-state index < -0.39 is 0 Å². The molecule has 0 bridgehead atoms. The quantitative estimate of drug-likeness (QED) is 0.925. The van der Waals surface area contributed by atoms with Crippen LogP contribution in [-0.4, -0.2) is 44.1 Å². The molecule has 1 N–H and O–H groups in total. The van der Waals surface area contributed by atoms with Gasteiger partial charge < -0.3 is 15.1 Å². The summed E-state index contributed by atoms with van der Waals surface area (Å²) >= 11 is 0. The van der Waals surface area contributed by atoms with Crippen LogP contribution in [0.15, 0.2) is 30.5 Å². The smallest absolute Gasteiger partial charge is 0.255 e. The van der Waals surface area contributed by atoms with Gasteiger partial charge in [0.1, 0.15) is 5.69 Å². The molecule has 6 heteroatoms. The van der Waals surface area contributed by atoms with E-state index >= 15 is 0 Å². The monoisotopic (exact) mass is 341 g/mol. The molecule has 0 spiro atoms. The highest BCUT2D eigenvalue weighted by Crippen LogP contribution is 2.25. The molecule has 0 saturated heterocycles. The van der Waals surface area contributed by atoms with Crippen LogP contribution in [0.1, 0.15) is 36.7 Å². The summed E-state index contributed by atoms with van der Waals surface area (Å²) in [5.41, 5.74) is 2.44. The van der Waals surface area contributed by atoms with E-state index in [-0.39, 0.29) is 11.3 Å². The van der Waals surface area contributed by atoms with Gasteiger partial charge in [0.25, 0.3) is 5.91 Å². The van der Waals surface area contributed by atoms with Gasteiger partial charge >= 0.3 is 0 Å². The van der Waals surface area contributed by atoms with Crippen LogP contribution in [0, 0.1) is 0 Å². The second-order valence-electron chi connectivity index (χ2n) is 7.48. The maximum atomic E-state index is 12.6. The molecule has 0 aliphatic heterocycles. The van der Waals surface area contributed by atoms with Crippen molar-refractivity contribution in [1.82, 2.24) is 9.97 Å². The summed E-state index contributed by atoms with van der Waals surface area (Å²) in [6, 6.07) is 7.68. The molecular weight excluding hydrogens is 314 g/mol. The molecular formula is C19H27N5O. The standard InChI is InChI=1S/C19H27N5O/c1-19(2,3)14-10-8-13(9-11-14)17(25)21-15-12-20-18(24(6)7)22-16(15)23(4)5/h8-12H,1-7H3,(H,21,25). The molecule has 2 rings (SSSR count). The van der Waals surface area contributed by atoms with Crippen LogP contribution in [0.25, 0.3) is 0 Å². The molecule has 0 unspecified atom stereocenters. The van der Waals surface area contributed by atoms with Crippen molar-refractivity contribution in [2.45, 2.75) is 26.2 Å². The van der Waals surface area contributed by atoms with Crippen LogP contribution in [0.2, 0.25) is 0 Å². The van der Waals surface area contributed by atoms with Gasteiger partial charge in [-0.05, 0) is 23.1 Å². The Morgan fingerprint density at radius 1 is 1.00 bits per heavy atom. The fraction of sp³-hybridized carbons (Fsp3) is 0.421. The zero-order valence-corrected chi connectivity index (χ0v) is 16.1. The topological polar surface area (TPSA) is 61.4 Å². The maximum absolute atomic E-state index is 12.6. The van der Waals surface area contributed by atoms with Gasteiger partial charge in [-0.3, -0.25) is 4.79 Å². The minimum Gasteiger partial charge on any atom is -0.361 e. The van der Waals surface area contributed by atoms with Crippen molar-refractivity contribution < 1.29 is 4.79 Å². The normalized spacial score (nSPS) is 11.2. The number of rotatable bonds is 4. The lowest BCUT2D eigenvalue weighted by atomic mass is 9.87. The van der Waals surface area contributed by atoms with Gasteiger partial charge in [0.2, 0.25) is 5.95 Å². The number of aromatic nitrogens is 2. The van der Waals surface area contributed by atoms with E-state index in [1.54, 1.807) is 6.20 Å². The van der Waals surface area contributed by atoms with Crippen molar-refractivity contribution in [2.75, 3.05) is 43.3 Å². The van der Waals surface area contributed by atoms with Crippen molar-refractivity contribution in [1.29, 1.82) is 0 Å². The largest absolute Gasteiger partial charge is 0.361 e. The van der Waals surface area contributed by atoms with Crippen LogP contribution in [-0.2, 0) is 5.41 Å². The Balaban J connectivity index is 2.25. The highest BCUT2D eigenvalue weighted by atomic mass is 16.1. The zero-order valence-electron chi connectivity index (χ0n) is 16.1. The number of carbonyl (C=O) groups is 1. The lowest BCUT2D eigenvalue weighted by Gasteiger charge is -2.20. The summed E-state index contributed by atoms with van der Waals surface area (Å²) < 4.78 is 0. The third-order valence-corrected chi connectivity index (χ3v) is 3.84. The predicted molar refractivity (Wildman–Crippen MR) is 104 cm³/mol. The Morgan fingerprint density at radius 2 is 1.60 bits per heavy atom. The van der Waals surface area contributed by atoms with Crippen LogP contribution in [0.3, 0.4) is 0 Å². The van der Waals surface area contributed by atoms with Crippen LogP contribution in [0.5, 0.6) is 0 Å². The third-order valence-electron chi connectivity index (χ3n) is 3.84. The SMILES string of the molecule is CN(C)c1ncc(NC(=O)c2ccc(C(C)(C)C)cc2)c(N(C)C)n1. The summed E-state index contributed by atoms with van der Waals surface area (Å²) in [6.45, 7) is 6.44. The Labute approximate surface area is 149 Å². The lowest BCUT2D eigenvalue weighted by molar-refractivity contribution is 0.102. The third kappa shape index (κ3) is 4.47. The van der Waals surface area contributed by atoms with E-state index in [1.807, 2.05) is 62.3 Å². The minimum absolute atomic E-state index is 0.0585. The second kappa shape index (κ2) is 7.09. The summed E-state index contributed by atoms with van der Waals surface area (Å²) in [6.07, 6.45) is 1.64. The molecule has 0 saturated carbocycles. The molecule has 0 aliphatic rings. The van der Waals surface area contributed by atoms with Crippen molar-refractivity contribution in [2.24, 2.45) is 0 Å². The van der Waals surface area contributed by atoms with Crippen LogP contribution < -0.4 is 15.1 Å². The Hall–Kier alpha value is -2.63. The van der Waals surface area contributed by atoms with E-state index in [1.165, 1.54) is 5.56 Å². The molecule has 1 heterocycles. The summed E-state index contributed by atoms with van der Waals surface area (Å²) in [7, 11) is 7.53. The minimum atomic E-state index is -0.176. The number of anilines is 3. The van der Waals surface area contributed by atoms with Gasteiger partial charge in [0.05, 0.1) is 6.20 Å². The highest BCUT2D eigenvalue weighted by Gasteiger charge is 2.16. The first-order chi connectivity index (χ1) is 11.6. The van der Waals surface area contributed by atoms with E-state index in [2.05, 4.69) is 36.1 Å². The first-order valence-electron chi connectivity index (χ1n) is 8.23. The number of nitrogens with zero attached hydrogens (tertiary/aromatic N) is 4. The first kappa shape index (κ1) is 18.7. The number of carbonyl (C=O) groups excluding carboxylic acids is 1. The average molecular weight is 341 g/mol. The van der Waals surface area contributed by atoms with E-state index in [4.69, 9.17) is 0 Å². The molecule has 1 aromatic heterocycles. The Kier molecular flexibility index (Phi) is 5.30. The number of amides is 1. The predicted octanol–water partition coefficient (Wildman–Crippen LogP) is 3.16. The molecule has 0 fully saturated rings. The first-order valence-corrected chi connectivity index (χ1v) is 8.23. The molecule has 0 radical (unpaired) electrons. The van der Waals surface area contributed by atoms with Crippen molar-refractivity contribution in [3.63, 3.8) is 0 Å². The fourth-order valence-corrected chi connectivity index (χ4v) is 2.32. The van der Waals surface area contributed by atoms with Crippen LogP contribution in [0.4, 0.5) is 17.5 Å². The van der Waals surface area contributed by atoms with E-state index in [0.29, 0.717) is 23.0 Å². The number of benzene rings is 1. The molecule has 6 nitrogen and oxygen atoms in total. The second-order valence-corrected chi connectivity index (χ2v) is 7.48. The molecule has 1 amide bonds. The summed E-state index contributed by atoms with van der Waals surface area (Å²) in [5, 5.41) is 2.91. The van der Waals surface area contributed by atoms with Gasteiger partial charge in [-0.15, -0.1) is 0 Å². The van der Waals surface area contributed by atoms with Crippen molar-refractivity contribution in [3.8, 4) is 0 Å². The van der Waals surface area contributed by atoms with Crippen molar-refractivity contribution in [3.05, 3.63) is 41.6 Å². The molecule has 0 aliphatic carbocycles. The van der Waals surface area contributed by atoms with Gasteiger partial charge in [-0.1, -0.05) is 32.9 Å². The molecule has 1 aromatic carbocycles. The number of nitrogens with one attached hydrogen (secondary N) is 1.